The van der Waals surface area contributed by atoms with Crippen LogP contribution in [0.1, 0.15) is 65.2 Å². The molecule has 2 bridgehead atoms. The van der Waals surface area contributed by atoms with Crippen molar-refractivity contribution in [3.05, 3.63) is 0 Å². The van der Waals surface area contributed by atoms with E-state index in [0.29, 0.717) is 5.92 Å². The third-order valence-electron chi connectivity index (χ3n) is 7.36. The molecule has 0 N–H and O–H groups in total. The van der Waals surface area contributed by atoms with Gasteiger partial charge < -0.3 is 9.47 Å². The van der Waals surface area contributed by atoms with Gasteiger partial charge in [0.15, 0.2) is 0 Å². The van der Waals surface area contributed by atoms with E-state index in [1.165, 1.54) is 25.7 Å². The Balaban J connectivity index is 1.43. The quantitative estimate of drug-likeness (QED) is 0.720. The highest BCUT2D eigenvalue weighted by molar-refractivity contribution is 5.73. The first-order valence-electron chi connectivity index (χ1n) is 10.0. The van der Waals surface area contributed by atoms with Gasteiger partial charge in [0.2, 0.25) is 6.29 Å². The second-order valence-electron chi connectivity index (χ2n) is 8.65. The summed E-state index contributed by atoms with van der Waals surface area (Å²) in [4.78, 5) is 12.7. The summed E-state index contributed by atoms with van der Waals surface area (Å²) >= 11 is 0. The van der Waals surface area contributed by atoms with Gasteiger partial charge in [-0.25, -0.2) is 0 Å². The summed E-state index contributed by atoms with van der Waals surface area (Å²) in [5, 5.41) is 0. The minimum atomic E-state index is -0.264. The number of carbonyl (C=O) groups is 1. The predicted octanol–water partition coefficient (Wildman–Crippen LogP) is 4.40. The largest absolute Gasteiger partial charge is 0.436 e. The molecule has 3 saturated carbocycles. The van der Waals surface area contributed by atoms with Gasteiger partial charge in [0.1, 0.15) is 0 Å². The van der Waals surface area contributed by atoms with Crippen molar-refractivity contribution in [2.45, 2.75) is 71.5 Å². The standard InChI is InChI=1S/C20H32O3/c1-3-6-13-9-12(2)18-14-10-15(19(13)18)16(11-14)20(21)23-17-7-4-5-8-22-17/h12-19H,3-11H2,1-2H3. The molecule has 1 saturated heterocycles. The number of hydrogen-bond acceptors (Lipinski definition) is 3. The van der Waals surface area contributed by atoms with Crippen LogP contribution in [0.2, 0.25) is 0 Å². The molecular formula is C20H32O3. The van der Waals surface area contributed by atoms with Gasteiger partial charge in [-0.1, -0.05) is 26.7 Å². The predicted molar refractivity (Wildman–Crippen MR) is 88.5 cm³/mol. The monoisotopic (exact) mass is 320 g/mol. The van der Waals surface area contributed by atoms with Crippen LogP contribution in [0.15, 0.2) is 0 Å². The lowest BCUT2D eigenvalue weighted by atomic mass is 9.71. The zero-order valence-corrected chi connectivity index (χ0v) is 14.7. The zero-order chi connectivity index (χ0) is 16.0. The van der Waals surface area contributed by atoms with Crippen LogP contribution < -0.4 is 0 Å². The molecule has 3 aliphatic carbocycles. The summed E-state index contributed by atoms with van der Waals surface area (Å²) in [6.45, 7) is 5.50. The molecule has 8 unspecified atom stereocenters. The zero-order valence-electron chi connectivity index (χ0n) is 14.7. The maximum atomic E-state index is 12.7. The van der Waals surface area contributed by atoms with Crippen LogP contribution in [-0.4, -0.2) is 18.9 Å². The minimum absolute atomic E-state index is 0.0534. The second-order valence-corrected chi connectivity index (χ2v) is 8.65. The Morgan fingerprint density at radius 2 is 2.04 bits per heavy atom. The van der Waals surface area contributed by atoms with Crippen molar-refractivity contribution in [2.24, 2.45) is 41.4 Å². The molecule has 130 valence electrons. The fraction of sp³-hybridized carbons (Fsp3) is 0.950. The summed E-state index contributed by atoms with van der Waals surface area (Å²) in [7, 11) is 0. The van der Waals surface area contributed by atoms with Gasteiger partial charge in [-0.3, -0.25) is 4.79 Å². The Labute approximate surface area is 140 Å². The van der Waals surface area contributed by atoms with Crippen molar-refractivity contribution in [3.63, 3.8) is 0 Å². The van der Waals surface area contributed by atoms with Crippen LogP contribution in [0.25, 0.3) is 0 Å². The highest BCUT2D eigenvalue weighted by Crippen LogP contribution is 2.65. The van der Waals surface area contributed by atoms with Gasteiger partial charge in [-0.05, 0) is 67.6 Å². The summed E-state index contributed by atoms with van der Waals surface area (Å²) in [5.41, 5.74) is 0. The Morgan fingerprint density at radius 1 is 1.17 bits per heavy atom. The molecule has 8 atom stereocenters. The molecule has 4 rings (SSSR count). The van der Waals surface area contributed by atoms with Crippen LogP contribution in [0, 0.1) is 41.4 Å². The lowest BCUT2D eigenvalue weighted by Gasteiger charge is -2.35. The Kier molecular flexibility index (Phi) is 4.42. The van der Waals surface area contributed by atoms with Crippen molar-refractivity contribution in [3.8, 4) is 0 Å². The van der Waals surface area contributed by atoms with E-state index >= 15 is 0 Å². The Bertz CT molecular complexity index is 442. The normalized spacial score (nSPS) is 48.4. The van der Waals surface area contributed by atoms with Gasteiger partial charge in [-0.2, -0.15) is 0 Å². The van der Waals surface area contributed by atoms with Crippen LogP contribution in [-0.2, 0) is 14.3 Å². The molecule has 3 nitrogen and oxygen atoms in total. The topological polar surface area (TPSA) is 35.5 Å². The van der Waals surface area contributed by atoms with Gasteiger partial charge in [0, 0.05) is 6.42 Å². The van der Waals surface area contributed by atoms with Gasteiger partial charge in [0.05, 0.1) is 12.5 Å². The molecule has 0 amide bonds. The van der Waals surface area contributed by atoms with E-state index in [1.54, 1.807) is 0 Å². The molecule has 3 heteroatoms. The van der Waals surface area contributed by atoms with Gasteiger partial charge in [0.25, 0.3) is 0 Å². The molecule has 4 fully saturated rings. The van der Waals surface area contributed by atoms with Crippen LogP contribution in [0.5, 0.6) is 0 Å². The van der Waals surface area contributed by atoms with Gasteiger partial charge >= 0.3 is 5.97 Å². The van der Waals surface area contributed by atoms with Crippen molar-refractivity contribution in [2.75, 3.05) is 6.61 Å². The van der Waals surface area contributed by atoms with Crippen LogP contribution >= 0.6 is 0 Å². The van der Waals surface area contributed by atoms with Gasteiger partial charge in [-0.15, -0.1) is 0 Å². The number of ether oxygens (including phenoxy) is 2. The number of esters is 1. The average Bonchev–Trinajstić information content (AvgIpc) is 3.21. The lowest BCUT2D eigenvalue weighted by Crippen LogP contribution is -2.36. The summed E-state index contributed by atoms with van der Waals surface area (Å²) < 4.78 is 11.3. The SMILES string of the molecule is CCCC1CC(C)C2C3CC(C(=O)OC4CCCCO4)C(C3)C12. The average molecular weight is 320 g/mol. The number of hydrogen-bond donors (Lipinski definition) is 0. The molecule has 0 spiro atoms. The molecule has 1 aliphatic heterocycles. The van der Waals surface area contributed by atoms with Crippen molar-refractivity contribution in [1.82, 2.24) is 0 Å². The third-order valence-corrected chi connectivity index (χ3v) is 7.36. The third kappa shape index (κ3) is 2.73. The fourth-order valence-corrected chi connectivity index (χ4v) is 6.72. The first kappa shape index (κ1) is 15.9. The molecule has 23 heavy (non-hydrogen) atoms. The molecule has 0 aromatic heterocycles. The highest BCUT2D eigenvalue weighted by Gasteiger charge is 2.60. The summed E-state index contributed by atoms with van der Waals surface area (Å²) in [6.07, 6.45) is 9.23. The number of fused-ring (bicyclic) bond motifs is 5. The van der Waals surface area contributed by atoms with Crippen molar-refractivity contribution in [1.29, 1.82) is 0 Å². The lowest BCUT2D eigenvalue weighted by molar-refractivity contribution is -0.193. The smallest absolute Gasteiger partial charge is 0.311 e. The van der Waals surface area contributed by atoms with Crippen molar-refractivity contribution < 1.29 is 14.3 Å². The van der Waals surface area contributed by atoms with E-state index < -0.39 is 0 Å². The first-order valence-corrected chi connectivity index (χ1v) is 10.0. The van der Waals surface area contributed by atoms with E-state index in [9.17, 15) is 4.79 Å². The molecule has 0 radical (unpaired) electrons. The van der Waals surface area contributed by atoms with Crippen LogP contribution in [0.4, 0.5) is 0 Å². The molecule has 1 heterocycles. The maximum absolute atomic E-state index is 12.7. The van der Waals surface area contributed by atoms with E-state index in [0.717, 1.165) is 61.9 Å². The number of rotatable bonds is 4. The van der Waals surface area contributed by atoms with E-state index in [1.807, 2.05) is 0 Å². The van der Waals surface area contributed by atoms with Crippen molar-refractivity contribution >= 4 is 5.97 Å². The molecule has 0 aromatic carbocycles. The van der Waals surface area contributed by atoms with E-state index in [-0.39, 0.29) is 18.2 Å². The summed E-state index contributed by atoms with van der Waals surface area (Å²) in [5.74, 6) is 5.02. The van der Waals surface area contributed by atoms with Crippen LogP contribution in [0.3, 0.4) is 0 Å². The number of carbonyl (C=O) groups excluding carboxylic acids is 1. The minimum Gasteiger partial charge on any atom is -0.436 e. The molecule has 0 aromatic rings. The molecule has 4 aliphatic rings. The first-order chi connectivity index (χ1) is 11.2. The van der Waals surface area contributed by atoms with E-state index in [2.05, 4.69) is 13.8 Å². The second kappa shape index (κ2) is 6.38. The molecular weight excluding hydrogens is 288 g/mol. The van der Waals surface area contributed by atoms with E-state index in [4.69, 9.17) is 9.47 Å². The maximum Gasteiger partial charge on any atom is 0.311 e. The summed E-state index contributed by atoms with van der Waals surface area (Å²) in [6, 6.07) is 0. The Morgan fingerprint density at radius 3 is 2.78 bits per heavy atom. The Hall–Kier alpha value is -0.570. The highest BCUT2D eigenvalue weighted by atomic mass is 16.7. The fourth-order valence-electron chi connectivity index (χ4n) is 6.72.